The van der Waals surface area contributed by atoms with Gasteiger partial charge in [-0.1, -0.05) is 72.8 Å². The number of rotatable bonds is 2. The minimum atomic E-state index is -10.7. The van der Waals surface area contributed by atoms with Crippen molar-refractivity contribution in [2.45, 2.75) is 0 Å². The summed E-state index contributed by atoms with van der Waals surface area (Å²) < 4.78 is 60.8. The summed E-state index contributed by atoms with van der Waals surface area (Å²) in [7, 11) is -10.7. The Kier molecular flexibility index (Phi) is 6.23. The van der Waals surface area contributed by atoms with E-state index >= 15 is 0 Å². The summed E-state index contributed by atoms with van der Waals surface area (Å²) in [5.74, 6) is 0. The molecule has 0 saturated carbocycles. The van der Waals surface area contributed by atoms with Crippen LogP contribution in [-0.2, 0) is 0 Å². The monoisotopic (exact) mass is 634 g/mol. The van der Waals surface area contributed by atoms with Crippen LogP contribution >= 0.6 is 39.7 Å². The number of benzene rings is 3. The Morgan fingerprint density at radius 1 is 0.543 bits per heavy atom. The molecule has 0 aliphatic carbocycles. The van der Waals surface area contributed by atoms with Crippen LogP contribution in [0, 0.1) is 0 Å². The third-order valence-corrected chi connectivity index (χ3v) is 5.68. The Bertz CT molecular complexity index is 1440. The number of nitrogens with zero attached hydrogens (tertiary/aromatic N) is 2. The largest absolute Gasteiger partial charge is 1.00 e. The number of halogens is 8. The van der Waals surface area contributed by atoms with E-state index in [0.717, 1.165) is 53.3 Å². The van der Waals surface area contributed by atoms with Crippen molar-refractivity contribution in [3.05, 3.63) is 94.1 Å². The van der Waals surface area contributed by atoms with Crippen LogP contribution in [0.3, 0.4) is 0 Å². The van der Waals surface area contributed by atoms with Crippen LogP contribution in [0.25, 0.3) is 44.1 Å². The smallest absolute Gasteiger partial charge is 1.00 e. The first-order valence-corrected chi connectivity index (χ1v) is 13.5. The zero-order valence-corrected chi connectivity index (χ0v) is 21.5. The number of hydrogen-bond acceptors (Lipinski definition) is 2. The van der Waals surface area contributed by atoms with Gasteiger partial charge in [0.15, 0.2) is 0 Å². The normalized spacial score (nSPS) is 13.6. The van der Waals surface area contributed by atoms with Crippen molar-refractivity contribution >= 4 is 61.5 Å². The fourth-order valence-corrected chi connectivity index (χ4v) is 4.44. The Morgan fingerprint density at radius 2 is 0.857 bits per heavy atom. The minimum Gasteiger partial charge on any atom is 1.00 e. The summed E-state index contributed by atoms with van der Waals surface area (Å²) in [4.78, 5) is 9.60. The second kappa shape index (κ2) is 8.54. The summed E-state index contributed by atoms with van der Waals surface area (Å²) in [6, 6.07) is 29.2. The van der Waals surface area contributed by atoms with Gasteiger partial charge in [0.2, 0.25) is 0 Å². The maximum Gasteiger partial charge on any atom is 1.00 e. The van der Waals surface area contributed by atoms with E-state index in [4.69, 9.17) is 9.97 Å². The van der Waals surface area contributed by atoms with Gasteiger partial charge in [-0.2, -0.15) is 0 Å². The van der Waals surface area contributed by atoms with Crippen molar-refractivity contribution in [1.29, 1.82) is 0 Å². The first-order valence-electron chi connectivity index (χ1n) is 9.92. The molecule has 0 aliphatic heterocycles. The van der Waals surface area contributed by atoms with Crippen molar-refractivity contribution in [1.82, 2.24) is 9.97 Å². The predicted molar refractivity (Wildman–Crippen MR) is 138 cm³/mol. The Hall–Kier alpha value is -2.55. The number of pyridine rings is 2. The van der Waals surface area contributed by atoms with Crippen LogP contribution in [0.1, 0.15) is 1.43 Å². The third kappa shape index (κ3) is 6.99. The van der Waals surface area contributed by atoms with Crippen molar-refractivity contribution in [3.8, 4) is 22.3 Å². The molecular weight excluding hydrogens is 621 g/mol. The van der Waals surface area contributed by atoms with E-state index in [1.54, 1.807) is 0 Å². The van der Waals surface area contributed by atoms with Crippen molar-refractivity contribution in [2.75, 3.05) is 0 Å². The number of aromatic nitrogens is 2. The molecule has 0 aliphatic rings. The molecule has 2 aromatic heterocycles. The fraction of sp³-hybridized carbons (Fsp3) is 0. The molecule has 5 rings (SSSR count). The first-order chi connectivity index (χ1) is 16.2. The number of fused-ring (bicyclic) bond motifs is 3. The molecule has 5 aromatic rings. The van der Waals surface area contributed by atoms with Gasteiger partial charge >= 0.3 is 34.4 Å². The van der Waals surface area contributed by atoms with Gasteiger partial charge in [0.25, 0.3) is 0 Å². The molecular formula is C24H15Br2F6N2P. The zero-order valence-electron chi connectivity index (χ0n) is 18.4. The summed E-state index contributed by atoms with van der Waals surface area (Å²) in [5, 5.41) is 2.18. The molecule has 35 heavy (non-hydrogen) atoms. The Balaban J connectivity index is 0.000000400. The molecule has 0 atom stereocenters. The van der Waals surface area contributed by atoms with Gasteiger partial charge in [-0.25, -0.2) is 9.97 Å². The Labute approximate surface area is 214 Å². The molecule has 182 valence electrons. The average molecular weight is 636 g/mol. The molecule has 0 spiro atoms. The minimum absolute atomic E-state index is 0. The van der Waals surface area contributed by atoms with Crippen LogP contribution in [-0.4, -0.2) is 9.97 Å². The van der Waals surface area contributed by atoms with Crippen LogP contribution in [0.2, 0.25) is 0 Å². The molecule has 0 radical (unpaired) electrons. The van der Waals surface area contributed by atoms with Crippen molar-refractivity contribution in [3.63, 3.8) is 0 Å². The van der Waals surface area contributed by atoms with Crippen LogP contribution in [0.5, 0.6) is 0 Å². The van der Waals surface area contributed by atoms with E-state index in [1.165, 1.54) is 0 Å². The van der Waals surface area contributed by atoms with E-state index in [-0.39, 0.29) is 1.43 Å². The number of hydrogen-bond donors (Lipinski definition) is 0. The molecule has 2 nitrogen and oxygen atoms in total. The van der Waals surface area contributed by atoms with Gasteiger partial charge in [-0.05, 0) is 66.2 Å². The van der Waals surface area contributed by atoms with E-state index in [9.17, 15) is 25.2 Å². The summed E-state index contributed by atoms with van der Waals surface area (Å²) >= 11 is 7.20. The van der Waals surface area contributed by atoms with Crippen LogP contribution < -0.4 is 0 Å². The maximum atomic E-state index is 9.87. The fourth-order valence-electron chi connectivity index (χ4n) is 3.63. The molecule has 11 heteroatoms. The average Bonchev–Trinajstić information content (AvgIpc) is 2.77. The molecule has 0 unspecified atom stereocenters. The summed E-state index contributed by atoms with van der Waals surface area (Å²) in [6.45, 7) is 0. The molecule has 0 amide bonds. The maximum absolute atomic E-state index is 10.7. The topological polar surface area (TPSA) is 25.8 Å². The first kappa shape index (κ1) is 25.5. The van der Waals surface area contributed by atoms with Crippen LogP contribution in [0.4, 0.5) is 25.2 Å². The quantitative estimate of drug-likeness (QED) is 0.0834. The van der Waals surface area contributed by atoms with E-state index in [0.29, 0.717) is 0 Å². The van der Waals surface area contributed by atoms with Crippen molar-refractivity contribution in [2.24, 2.45) is 0 Å². The van der Waals surface area contributed by atoms with Gasteiger partial charge in [-0.3, -0.25) is 0 Å². The molecule has 0 saturated heterocycles. The molecule has 0 fully saturated rings. The summed E-state index contributed by atoms with van der Waals surface area (Å²) in [6.07, 6.45) is 0. The SMILES string of the molecule is Brc1cc(-c2ccccc2)c2ccc3c(-c4ccccc4)cc(Br)nc3c2n1.F[P-](F)(F)(F)(F)F.[H+]. The van der Waals surface area contributed by atoms with Crippen LogP contribution in [0.15, 0.2) is 94.1 Å². The van der Waals surface area contributed by atoms with Gasteiger partial charge in [0, 0.05) is 10.8 Å². The third-order valence-electron chi connectivity index (χ3n) is 4.87. The second-order valence-electron chi connectivity index (χ2n) is 7.53. The molecule has 0 bridgehead atoms. The van der Waals surface area contributed by atoms with Crippen molar-refractivity contribution < 1.29 is 26.6 Å². The van der Waals surface area contributed by atoms with Gasteiger partial charge in [-0.15, -0.1) is 0 Å². The molecule has 3 aromatic carbocycles. The molecule has 2 heterocycles. The summed E-state index contributed by atoms with van der Waals surface area (Å²) in [5.41, 5.74) is 6.39. The van der Waals surface area contributed by atoms with Gasteiger partial charge < -0.3 is 0 Å². The Morgan fingerprint density at radius 3 is 1.17 bits per heavy atom. The van der Waals surface area contributed by atoms with Gasteiger partial charge in [0.05, 0.1) is 11.0 Å². The van der Waals surface area contributed by atoms with Gasteiger partial charge in [0.1, 0.15) is 9.21 Å². The molecule has 0 N–H and O–H groups in total. The van der Waals surface area contributed by atoms with E-state index < -0.39 is 7.81 Å². The standard InChI is InChI=1S/C24H14Br2N2.F6P/c25-21-13-19(15-7-3-1-4-8-15)17-11-12-18-20(16-9-5-2-6-10-16)14-22(26)28-24(18)23(17)27-21;1-7(2,3,4,5)6/h1-14H;/q;-1/p+1. The second-order valence-corrected chi connectivity index (χ2v) is 11.1. The predicted octanol–water partition coefficient (Wildman–Crippen LogP) is 11.1. The van der Waals surface area contributed by atoms with E-state index in [1.807, 2.05) is 12.1 Å². The van der Waals surface area contributed by atoms with E-state index in [2.05, 4.69) is 105 Å². The zero-order chi connectivity index (χ0) is 25.5.